The number of urea groups is 1. The Hall–Kier alpha value is -3.22. The number of nitrogens with one attached hydrogen (secondary N) is 1. The van der Waals surface area contributed by atoms with E-state index < -0.39 is 5.60 Å². The van der Waals surface area contributed by atoms with Crippen molar-refractivity contribution in [2.75, 3.05) is 44.6 Å². The Morgan fingerprint density at radius 1 is 0.914 bits per heavy atom. The SMILES string of the molecule is O=C(Nc1cccc(F)c1)N1CCC(CN2CCOC(c3ccccc3)(c3ccccc3)C2)CC1. The van der Waals surface area contributed by atoms with Crippen LogP contribution in [0.4, 0.5) is 14.9 Å². The number of likely N-dealkylation sites (tertiary alicyclic amines) is 1. The number of benzene rings is 3. The summed E-state index contributed by atoms with van der Waals surface area (Å²) in [6, 6.07) is 26.9. The summed E-state index contributed by atoms with van der Waals surface area (Å²) in [4.78, 5) is 17.0. The molecular formula is C29H32FN3O2. The van der Waals surface area contributed by atoms with E-state index in [0.29, 0.717) is 31.3 Å². The lowest BCUT2D eigenvalue weighted by atomic mass is 9.84. The van der Waals surface area contributed by atoms with Crippen molar-refractivity contribution in [2.24, 2.45) is 5.92 Å². The first-order valence-electron chi connectivity index (χ1n) is 12.4. The molecule has 0 aromatic heterocycles. The topological polar surface area (TPSA) is 44.8 Å². The summed E-state index contributed by atoms with van der Waals surface area (Å²) in [6.07, 6.45) is 1.91. The maximum atomic E-state index is 13.4. The van der Waals surface area contributed by atoms with Crippen LogP contribution in [0.1, 0.15) is 24.0 Å². The van der Waals surface area contributed by atoms with Crippen LogP contribution in [-0.4, -0.2) is 55.2 Å². The molecule has 0 atom stereocenters. The zero-order chi connectivity index (χ0) is 24.1. The van der Waals surface area contributed by atoms with Gasteiger partial charge < -0.3 is 15.0 Å². The van der Waals surface area contributed by atoms with E-state index >= 15 is 0 Å². The van der Waals surface area contributed by atoms with Crippen LogP contribution < -0.4 is 5.32 Å². The van der Waals surface area contributed by atoms with E-state index in [2.05, 4.69) is 58.7 Å². The van der Waals surface area contributed by atoms with Crippen molar-refractivity contribution in [1.82, 2.24) is 9.80 Å². The molecule has 2 fully saturated rings. The van der Waals surface area contributed by atoms with Gasteiger partial charge in [0.15, 0.2) is 0 Å². The summed E-state index contributed by atoms with van der Waals surface area (Å²) in [5.41, 5.74) is 2.37. The minimum absolute atomic E-state index is 0.160. The monoisotopic (exact) mass is 473 g/mol. The molecular weight excluding hydrogens is 441 g/mol. The average molecular weight is 474 g/mol. The van der Waals surface area contributed by atoms with Crippen molar-refractivity contribution in [2.45, 2.75) is 18.4 Å². The second kappa shape index (κ2) is 10.6. The molecule has 0 bridgehead atoms. The number of carbonyl (C=O) groups excluding carboxylic acids is 1. The number of morpholine rings is 1. The molecule has 182 valence electrons. The third-order valence-corrected chi connectivity index (χ3v) is 7.18. The van der Waals surface area contributed by atoms with Gasteiger partial charge in [-0.3, -0.25) is 4.90 Å². The minimum atomic E-state index is -0.480. The number of rotatable bonds is 5. The second-order valence-corrected chi connectivity index (χ2v) is 9.51. The van der Waals surface area contributed by atoms with Gasteiger partial charge in [-0.1, -0.05) is 66.7 Å². The quantitative estimate of drug-likeness (QED) is 0.544. The minimum Gasteiger partial charge on any atom is -0.363 e. The van der Waals surface area contributed by atoms with Gasteiger partial charge in [-0.2, -0.15) is 0 Å². The van der Waals surface area contributed by atoms with Gasteiger partial charge in [-0.25, -0.2) is 9.18 Å². The van der Waals surface area contributed by atoms with Gasteiger partial charge in [0.2, 0.25) is 0 Å². The average Bonchev–Trinajstić information content (AvgIpc) is 2.90. The van der Waals surface area contributed by atoms with Gasteiger partial charge >= 0.3 is 6.03 Å². The predicted octanol–water partition coefficient (Wildman–Crippen LogP) is 5.35. The summed E-state index contributed by atoms with van der Waals surface area (Å²) in [5.74, 6) is 0.171. The number of piperidine rings is 1. The van der Waals surface area contributed by atoms with Crippen LogP contribution in [0.2, 0.25) is 0 Å². The Morgan fingerprint density at radius 2 is 1.57 bits per heavy atom. The van der Waals surface area contributed by atoms with Gasteiger partial charge in [-0.05, 0) is 48.1 Å². The Labute approximate surface area is 206 Å². The number of hydrogen-bond acceptors (Lipinski definition) is 3. The van der Waals surface area contributed by atoms with E-state index in [1.165, 1.54) is 23.3 Å². The number of anilines is 1. The molecule has 3 aromatic rings. The molecule has 0 aliphatic carbocycles. The third kappa shape index (κ3) is 5.39. The normalized spacial score (nSPS) is 18.8. The molecule has 5 nitrogen and oxygen atoms in total. The highest BCUT2D eigenvalue weighted by atomic mass is 19.1. The summed E-state index contributed by atoms with van der Waals surface area (Å²) < 4.78 is 20.0. The van der Waals surface area contributed by atoms with Crippen molar-refractivity contribution in [3.05, 3.63) is 102 Å². The van der Waals surface area contributed by atoms with Gasteiger partial charge in [0.25, 0.3) is 0 Å². The molecule has 2 saturated heterocycles. The van der Waals surface area contributed by atoms with Crippen LogP contribution in [0.5, 0.6) is 0 Å². The Balaban J connectivity index is 1.21. The summed E-state index contributed by atoms with van der Waals surface area (Å²) >= 11 is 0. The van der Waals surface area contributed by atoms with E-state index in [-0.39, 0.29) is 11.8 Å². The summed E-state index contributed by atoms with van der Waals surface area (Å²) in [5, 5.41) is 2.82. The number of halogens is 1. The molecule has 35 heavy (non-hydrogen) atoms. The second-order valence-electron chi connectivity index (χ2n) is 9.51. The van der Waals surface area contributed by atoms with Crippen molar-refractivity contribution < 1.29 is 13.9 Å². The lowest BCUT2D eigenvalue weighted by Crippen LogP contribution is -2.52. The maximum Gasteiger partial charge on any atom is 0.321 e. The Kier molecular flexibility index (Phi) is 7.11. The first-order valence-corrected chi connectivity index (χ1v) is 12.4. The van der Waals surface area contributed by atoms with E-state index in [4.69, 9.17) is 4.74 Å². The smallest absolute Gasteiger partial charge is 0.321 e. The third-order valence-electron chi connectivity index (χ3n) is 7.18. The van der Waals surface area contributed by atoms with Gasteiger partial charge in [0.05, 0.1) is 6.61 Å². The molecule has 2 amide bonds. The predicted molar refractivity (Wildman–Crippen MR) is 136 cm³/mol. The van der Waals surface area contributed by atoms with Crippen LogP contribution in [-0.2, 0) is 10.3 Å². The lowest BCUT2D eigenvalue weighted by molar-refractivity contribution is -0.0924. The van der Waals surface area contributed by atoms with Crippen LogP contribution >= 0.6 is 0 Å². The molecule has 0 spiro atoms. The Bertz CT molecular complexity index is 1080. The molecule has 0 unspecified atom stereocenters. The molecule has 0 radical (unpaired) electrons. The van der Waals surface area contributed by atoms with E-state index in [1.807, 2.05) is 17.0 Å². The van der Waals surface area contributed by atoms with Gasteiger partial charge in [0.1, 0.15) is 11.4 Å². The summed E-state index contributed by atoms with van der Waals surface area (Å²) in [7, 11) is 0. The molecule has 6 heteroatoms. The van der Waals surface area contributed by atoms with Gasteiger partial charge in [0, 0.05) is 38.4 Å². The zero-order valence-electron chi connectivity index (χ0n) is 19.9. The number of ether oxygens (including phenoxy) is 1. The van der Waals surface area contributed by atoms with Gasteiger partial charge in [-0.15, -0.1) is 0 Å². The van der Waals surface area contributed by atoms with Crippen molar-refractivity contribution in [1.29, 1.82) is 0 Å². The van der Waals surface area contributed by atoms with Crippen LogP contribution in [0.3, 0.4) is 0 Å². The highest BCUT2D eigenvalue weighted by Gasteiger charge is 2.40. The molecule has 3 aromatic carbocycles. The van der Waals surface area contributed by atoms with Crippen molar-refractivity contribution in [3.63, 3.8) is 0 Å². The van der Waals surface area contributed by atoms with E-state index in [9.17, 15) is 9.18 Å². The van der Waals surface area contributed by atoms with Crippen molar-refractivity contribution >= 4 is 11.7 Å². The number of nitrogens with zero attached hydrogens (tertiary/aromatic N) is 2. The number of carbonyl (C=O) groups is 1. The molecule has 2 heterocycles. The number of amides is 2. The molecule has 5 rings (SSSR count). The number of hydrogen-bond donors (Lipinski definition) is 1. The standard InChI is InChI=1S/C29H32FN3O2/c30-26-12-7-13-27(20-26)31-28(34)33-16-14-23(15-17-33)21-32-18-19-35-29(22-32,24-8-3-1-4-9-24)25-10-5-2-6-11-25/h1-13,20,23H,14-19,21-22H2,(H,31,34). The van der Waals surface area contributed by atoms with Crippen LogP contribution in [0.25, 0.3) is 0 Å². The fourth-order valence-corrected chi connectivity index (χ4v) is 5.33. The zero-order valence-corrected chi connectivity index (χ0v) is 19.9. The Morgan fingerprint density at radius 3 is 2.20 bits per heavy atom. The molecule has 0 saturated carbocycles. The largest absolute Gasteiger partial charge is 0.363 e. The molecule has 2 aliphatic heterocycles. The maximum absolute atomic E-state index is 13.4. The fraction of sp³-hybridized carbons (Fsp3) is 0.345. The molecule has 1 N–H and O–H groups in total. The fourth-order valence-electron chi connectivity index (χ4n) is 5.33. The van der Waals surface area contributed by atoms with Crippen LogP contribution in [0, 0.1) is 11.7 Å². The van der Waals surface area contributed by atoms with E-state index in [1.54, 1.807) is 12.1 Å². The van der Waals surface area contributed by atoms with E-state index in [0.717, 1.165) is 32.5 Å². The highest BCUT2D eigenvalue weighted by molar-refractivity contribution is 5.89. The highest BCUT2D eigenvalue weighted by Crippen LogP contribution is 2.37. The molecule has 2 aliphatic rings. The first-order chi connectivity index (χ1) is 17.1. The van der Waals surface area contributed by atoms with Crippen molar-refractivity contribution in [3.8, 4) is 0 Å². The van der Waals surface area contributed by atoms with Crippen LogP contribution in [0.15, 0.2) is 84.9 Å². The lowest BCUT2D eigenvalue weighted by Gasteiger charge is -2.45. The summed E-state index contributed by atoms with van der Waals surface area (Å²) in [6.45, 7) is 4.79. The first kappa shape index (κ1) is 23.5.